The van der Waals surface area contributed by atoms with E-state index in [1.54, 1.807) is 19.1 Å². The smallest absolute Gasteiger partial charge is 0.245 e. The molecule has 1 aromatic rings. The summed E-state index contributed by atoms with van der Waals surface area (Å²) in [6.45, 7) is 3.33. The highest BCUT2D eigenvalue weighted by atomic mass is 16.3. The molecular weight excluding hydrogens is 376 g/mol. The summed E-state index contributed by atoms with van der Waals surface area (Å²) in [6, 6.07) is 4.15. The van der Waals surface area contributed by atoms with E-state index in [9.17, 15) is 24.3 Å². The molecule has 0 radical (unpaired) electrons. The molecule has 158 valence electrons. The van der Waals surface area contributed by atoms with Crippen molar-refractivity contribution in [3.8, 4) is 5.75 Å². The molecule has 0 unspecified atom stereocenters. The van der Waals surface area contributed by atoms with Gasteiger partial charge in [-0.1, -0.05) is 12.1 Å². The van der Waals surface area contributed by atoms with Crippen LogP contribution in [-0.4, -0.2) is 65.4 Å². The van der Waals surface area contributed by atoms with Crippen LogP contribution < -0.4 is 16.0 Å². The summed E-state index contributed by atoms with van der Waals surface area (Å²) >= 11 is 0. The van der Waals surface area contributed by atoms with Gasteiger partial charge < -0.3 is 26.0 Å². The highest BCUT2D eigenvalue weighted by molar-refractivity contribution is 5.94. The number of aromatic hydroxyl groups is 1. The van der Waals surface area contributed by atoms with E-state index in [0.717, 1.165) is 5.56 Å². The maximum atomic E-state index is 12.9. The van der Waals surface area contributed by atoms with Gasteiger partial charge in [-0.3, -0.25) is 19.2 Å². The molecule has 0 saturated carbocycles. The standard InChI is InChI=1S/C20H28N4O5/c1-12(22-13(2)25)20(29)24-10-4-5-17(24)19(28)23-16(18(27)21-3)11-14-6-8-15(26)9-7-14/h6-9,12,16-17,26H,4-5,10-11H2,1-3H3,(H,21,27)(H,22,25)(H,23,28)/t12-,16-,17-/m0/s1. The lowest BCUT2D eigenvalue weighted by Crippen LogP contribution is -2.55. The van der Waals surface area contributed by atoms with Gasteiger partial charge in [-0.05, 0) is 37.5 Å². The van der Waals surface area contributed by atoms with Gasteiger partial charge in [0.2, 0.25) is 23.6 Å². The quantitative estimate of drug-likeness (QED) is 0.495. The normalized spacial score (nSPS) is 17.9. The molecule has 0 bridgehead atoms. The molecule has 1 aromatic carbocycles. The van der Waals surface area contributed by atoms with Crippen molar-refractivity contribution < 1.29 is 24.3 Å². The number of hydrogen-bond donors (Lipinski definition) is 4. The van der Waals surface area contributed by atoms with E-state index in [2.05, 4.69) is 16.0 Å². The highest BCUT2D eigenvalue weighted by Crippen LogP contribution is 2.19. The first-order valence-electron chi connectivity index (χ1n) is 9.60. The molecular formula is C20H28N4O5. The van der Waals surface area contributed by atoms with Crippen molar-refractivity contribution in [2.24, 2.45) is 0 Å². The Morgan fingerprint density at radius 3 is 2.41 bits per heavy atom. The van der Waals surface area contributed by atoms with Crippen LogP contribution in [0.3, 0.4) is 0 Å². The third-order valence-corrected chi connectivity index (χ3v) is 4.88. The van der Waals surface area contributed by atoms with Crippen LogP contribution in [0.15, 0.2) is 24.3 Å². The van der Waals surface area contributed by atoms with E-state index < -0.39 is 24.0 Å². The molecule has 9 nitrogen and oxygen atoms in total. The predicted octanol–water partition coefficient (Wildman–Crippen LogP) is -0.319. The van der Waals surface area contributed by atoms with Crippen LogP contribution in [0.1, 0.15) is 32.3 Å². The molecule has 1 aliphatic heterocycles. The first-order chi connectivity index (χ1) is 13.7. The van der Waals surface area contributed by atoms with E-state index in [-0.39, 0.29) is 29.9 Å². The van der Waals surface area contributed by atoms with Gasteiger partial charge >= 0.3 is 0 Å². The fraction of sp³-hybridized carbons (Fsp3) is 0.500. The average molecular weight is 404 g/mol. The minimum Gasteiger partial charge on any atom is -0.508 e. The van der Waals surface area contributed by atoms with Crippen LogP contribution >= 0.6 is 0 Å². The molecule has 0 aliphatic carbocycles. The summed E-state index contributed by atoms with van der Waals surface area (Å²) in [5.74, 6) is -1.29. The third-order valence-electron chi connectivity index (χ3n) is 4.88. The van der Waals surface area contributed by atoms with Crippen molar-refractivity contribution in [1.29, 1.82) is 0 Å². The van der Waals surface area contributed by atoms with Crippen LogP contribution in [0.5, 0.6) is 5.75 Å². The molecule has 9 heteroatoms. The molecule has 29 heavy (non-hydrogen) atoms. The monoisotopic (exact) mass is 404 g/mol. The van der Waals surface area contributed by atoms with E-state index in [4.69, 9.17) is 0 Å². The molecule has 1 fully saturated rings. The summed E-state index contributed by atoms with van der Waals surface area (Å²) < 4.78 is 0. The van der Waals surface area contributed by atoms with Crippen molar-refractivity contribution in [2.45, 2.75) is 51.2 Å². The Labute approximate surface area is 169 Å². The van der Waals surface area contributed by atoms with Crippen molar-refractivity contribution in [3.05, 3.63) is 29.8 Å². The molecule has 2 rings (SSSR count). The SMILES string of the molecule is CNC(=O)[C@H](Cc1ccc(O)cc1)NC(=O)[C@@H]1CCCN1C(=O)[C@H](C)NC(C)=O. The second-order valence-electron chi connectivity index (χ2n) is 7.16. The van der Waals surface area contributed by atoms with Gasteiger partial charge in [0.25, 0.3) is 0 Å². The van der Waals surface area contributed by atoms with Crippen LogP contribution in [0.4, 0.5) is 0 Å². The Hall–Kier alpha value is -3.10. The zero-order chi connectivity index (χ0) is 21.6. The van der Waals surface area contributed by atoms with Crippen molar-refractivity contribution in [1.82, 2.24) is 20.9 Å². The zero-order valence-corrected chi connectivity index (χ0v) is 16.9. The van der Waals surface area contributed by atoms with Crippen LogP contribution in [-0.2, 0) is 25.6 Å². The number of amides is 4. The van der Waals surface area contributed by atoms with Gasteiger partial charge in [-0.15, -0.1) is 0 Å². The number of phenolic OH excluding ortho intramolecular Hbond substituents is 1. The summed E-state index contributed by atoms with van der Waals surface area (Å²) in [5.41, 5.74) is 0.773. The number of benzene rings is 1. The van der Waals surface area contributed by atoms with Gasteiger partial charge in [-0.25, -0.2) is 0 Å². The van der Waals surface area contributed by atoms with Crippen LogP contribution in [0.25, 0.3) is 0 Å². The first-order valence-corrected chi connectivity index (χ1v) is 9.60. The fourth-order valence-corrected chi connectivity index (χ4v) is 3.44. The zero-order valence-electron chi connectivity index (χ0n) is 16.9. The van der Waals surface area contributed by atoms with Crippen molar-refractivity contribution in [3.63, 3.8) is 0 Å². The number of likely N-dealkylation sites (tertiary alicyclic amines) is 1. The number of phenols is 1. The van der Waals surface area contributed by atoms with Crippen molar-refractivity contribution >= 4 is 23.6 Å². The lowest BCUT2D eigenvalue weighted by atomic mass is 10.0. The molecule has 4 N–H and O–H groups in total. The number of carbonyl (C=O) groups excluding carboxylic acids is 4. The van der Waals surface area contributed by atoms with E-state index >= 15 is 0 Å². The first kappa shape index (κ1) is 22.2. The van der Waals surface area contributed by atoms with Gasteiger partial charge in [0.1, 0.15) is 23.9 Å². The molecule has 0 spiro atoms. The van der Waals surface area contributed by atoms with Gasteiger partial charge in [-0.2, -0.15) is 0 Å². The number of rotatable bonds is 7. The number of nitrogens with zero attached hydrogens (tertiary/aromatic N) is 1. The summed E-state index contributed by atoms with van der Waals surface area (Å²) in [7, 11) is 1.48. The fourth-order valence-electron chi connectivity index (χ4n) is 3.44. The van der Waals surface area contributed by atoms with Gasteiger partial charge in [0.05, 0.1) is 0 Å². The largest absolute Gasteiger partial charge is 0.508 e. The predicted molar refractivity (Wildman–Crippen MR) is 106 cm³/mol. The van der Waals surface area contributed by atoms with Gasteiger partial charge in [0.15, 0.2) is 0 Å². The maximum Gasteiger partial charge on any atom is 0.245 e. The molecule has 1 aliphatic rings. The lowest BCUT2D eigenvalue weighted by molar-refractivity contribution is -0.141. The summed E-state index contributed by atoms with van der Waals surface area (Å²) in [4.78, 5) is 50.4. The minimum atomic E-state index is -0.817. The Kier molecular flexibility index (Phi) is 7.58. The second-order valence-corrected chi connectivity index (χ2v) is 7.16. The maximum absolute atomic E-state index is 12.9. The second kappa shape index (κ2) is 9.90. The lowest BCUT2D eigenvalue weighted by Gasteiger charge is -2.28. The van der Waals surface area contributed by atoms with E-state index in [1.165, 1.54) is 31.0 Å². The number of nitrogens with one attached hydrogen (secondary N) is 3. The molecule has 1 saturated heterocycles. The third kappa shape index (κ3) is 5.94. The minimum absolute atomic E-state index is 0.114. The Morgan fingerprint density at radius 1 is 1.17 bits per heavy atom. The number of likely N-dealkylation sites (N-methyl/N-ethyl adjacent to an activating group) is 1. The topological polar surface area (TPSA) is 128 Å². The molecule has 1 heterocycles. The summed E-state index contributed by atoms with van der Waals surface area (Å²) in [5, 5.41) is 17.2. The van der Waals surface area contributed by atoms with E-state index in [0.29, 0.717) is 19.4 Å². The number of hydrogen-bond acceptors (Lipinski definition) is 5. The van der Waals surface area contributed by atoms with E-state index in [1.807, 2.05) is 0 Å². The van der Waals surface area contributed by atoms with Crippen LogP contribution in [0.2, 0.25) is 0 Å². The summed E-state index contributed by atoms with van der Waals surface area (Å²) in [6.07, 6.45) is 1.40. The van der Waals surface area contributed by atoms with Gasteiger partial charge in [0, 0.05) is 26.9 Å². The average Bonchev–Trinajstić information content (AvgIpc) is 3.17. The molecule has 4 amide bonds. The Morgan fingerprint density at radius 2 is 1.83 bits per heavy atom. The Balaban J connectivity index is 2.08. The molecule has 3 atom stereocenters. The van der Waals surface area contributed by atoms with Crippen molar-refractivity contribution in [2.75, 3.05) is 13.6 Å². The van der Waals surface area contributed by atoms with Crippen LogP contribution in [0, 0.1) is 0 Å². The number of carbonyl (C=O) groups is 4. The molecule has 0 aromatic heterocycles. The highest BCUT2D eigenvalue weighted by Gasteiger charge is 2.37. The Bertz CT molecular complexity index is 765.